The zero-order valence-corrected chi connectivity index (χ0v) is 16.3. The van der Waals surface area contributed by atoms with Gasteiger partial charge >= 0.3 is 0 Å². The van der Waals surface area contributed by atoms with E-state index in [0.29, 0.717) is 33.8 Å². The number of phenols is 1. The Labute approximate surface area is 168 Å². The lowest BCUT2D eigenvalue weighted by atomic mass is 10.1. The third-order valence-corrected chi connectivity index (χ3v) is 4.65. The first-order valence-corrected chi connectivity index (χ1v) is 9.35. The van der Waals surface area contributed by atoms with Gasteiger partial charge in [-0.25, -0.2) is 9.97 Å². The van der Waals surface area contributed by atoms with Crippen LogP contribution in [0.25, 0.3) is 22.5 Å². The van der Waals surface area contributed by atoms with Crippen LogP contribution in [0.1, 0.15) is 13.3 Å². The molecule has 5 nitrogen and oxygen atoms in total. The molecule has 140 valence electrons. The van der Waals surface area contributed by atoms with Gasteiger partial charge in [0, 0.05) is 34.4 Å². The SMILES string of the molecule is CC[C@@H](N)CNc1nc(-c2cc(Cl)ccc2O)ncc1-c1cccc(Cl)c1. The molecule has 0 saturated carbocycles. The third-order valence-electron chi connectivity index (χ3n) is 4.18. The number of aromatic nitrogens is 2. The molecule has 7 heteroatoms. The predicted octanol–water partition coefficient (Wildman–Crippen LogP) is 4.97. The van der Waals surface area contributed by atoms with Gasteiger partial charge in [0.05, 0.1) is 5.56 Å². The van der Waals surface area contributed by atoms with E-state index in [4.69, 9.17) is 28.9 Å². The molecule has 3 rings (SSSR count). The summed E-state index contributed by atoms with van der Waals surface area (Å²) in [7, 11) is 0. The molecule has 0 spiro atoms. The molecule has 0 fully saturated rings. The number of nitrogens with two attached hydrogens (primary N) is 1. The Hall–Kier alpha value is -2.34. The average molecular weight is 403 g/mol. The minimum Gasteiger partial charge on any atom is -0.507 e. The van der Waals surface area contributed by atoms with E-state index < -0.39 is 0 Å². The number of benzene rings is 2. The maximum atomic E-state index is 10.2. The highest BCUT2D eigenvalue weighted by atomic mass is 35.5. The Bertz CT molecular complexity index is 949. The second kappa shape index (κ2) is 8.57. The van der Waals surface area contributed by atoms with E-state index in [9.17, 15) is 5.11 Å². The van der Waals surface area contributed by atoms with Crippen LogP contribution in [0.2, 0.25) is 10.0 Å². The first kappa shape index (κ1) is 19.4. The molecule has 0 unspecified atom stereocenters. The highest BCUT2D eigenvalue weighted by Crippen LogP contribution is 2.33. The molecule has 0 aliphatic rings. The van der Waals surface area contributed by atoms with E-state index in [1.54, 1.807) is 18.3 Å². The van der Waals surface area contributed by atoms with Crippen molar-refractivity contribution in [2.75, 3.05) is 11.9 Å². The molecule has 0 saturated heterocycles. The first-order chi connectivity index (χ1) is 13.0. The minimum atomic E-state index is -0.00445. The van der Waals surface area contributed by atoms with Crippen molar-refractivity contribution < 1.29 is 5.11 Å². The van der Waals surface area contributed by atoms with E-state index in [1.165, 1.54) is 6.07 Å². The van der Waals surface area contributed by atoms with Gasteiger partial charge in [-0.15, -0.1) is 0 Å². The van der Waals surface area contributed by atoms with Crippen LogP contribution in [0.4, 0.5) is 5.82 Å². The molecule has 1 heterocycles. The van der Waals surface area contributed by atoms with Crippen molar-refractivity contribution in [3.05, 3.63) is 58.7 Å². The average Bonchev–Trinajstić information content (AvgIpc) is 2.67. The van der Waals surface area contributed by atoms with Crippen molar-refractivity contribution in [1.29, 1.82) is 0 Å². The lowest BCUT2D eigenvalue weighted by molar-refractivity contribution is 0.477. The Balaban J connectivity index is 2.07. The molecule has 1 aromatic heterocycles. The first-order valence-electron chi connectivity index (χ1n) is 8.59. The van der Waals surface area contributed by atoms with E-state index in [0.717, 1.165) is 17.5 Å². The van der Waals surface area contributed by atoms with Crippen molar-refractivity contribution in [1.82, 2.24) is 9.97 Å². The maximum absolute atomic E-state index is 10.2. The van der Waals surface area contributed by atoms with Gasteiger partial charge in [0.25, 0.3) is 0 Å². The molecule has 0 aliphatic heterocycles. The van der Waals surface area contributed by atoms with Gasteiger partial charge in [-0.2, -0.15) is 0 Å². The van der Waals surface area contributed by atoms with Crippen molar-refractivity contribution in [2.45, 2.75) is 19.4 Å². The predicted molar refractivity (Wildman–Crippen MR) is 111 cm³/mol. The number of nitrogens with one attached hydrogen (secondary N) is 1. The second-order valence-electron chi connectivity index (χ2n) is 6.18. The molecule has 27 heavy (non-hydrogen) atoms. The van der Waals surface area contributed by atoms with Gasteiger partial charge in [-0.05, 0) is 42.3 Å². The molecule has 0 bridgehead atoms. The second-order valence-corrected chi connectivity index (χ2v) is 7.05. The number of nitrogens with zero attached hydrogens (tertiary/aromatic N) is 2. The molecular weight excluding hydrogens is 383 g/mol. The van der Waals surface area contributed by atoms with E-state index in [1.807, 2.05) is 31.2 Å². The Morgan fingerprint density at radius 2 is 1.89 bits per heavy atom. The summed E-state index contributed by atoms with van der Waals surface area (Å²) in [6.45, 7) is 2.59. The van der Waals surface area contributed by atoms with Crippen LogP contribution in [-0.2, 0) is 0 Å². The summed E-state index contributed by atoms with van der Waals surface area (Å²) in [4.78, 5) is 9.04. The summed E-state index contributed by atoms with van der Waals surface area (Å²) in [5, 5.41) is 14.6. The molecule has 3 aromatic rings. The fourth-order valence-corrected chi connectivity index (χ4v) is 2.94. The van der Waals surface area contributed by atoms with Crippen LogP contribution in [0.5, 0.6) is 5.75 Å². The van der Waals surface area contributed by atoms with Crippen LogP contribution >= 0.6 is 23.2 Å². The van der Waals surface area contributed by atoms with Crippen molar-refractivity contribution in [2.24, 2.45) is 5.73 Å². The zero-order chi connectivity index (χ0) is 19.4. The Kier molecular flexibility index (Phi) is 6.16. The number of hydrogen-bond donors (Lipinski definition) is 3. The van der Waals surface area contributed by atoms with Crippen LogP contribution in [-0.4, -0.2) is 27.7 Å². The van der Waals surface area contributed by atoms with E-state index in [2.05, 4.69) is 15.3 Å². The van der Waals surface area contributed by atoms with Gasteiger partial charge in [0.2, 0.25) is 0 Å². The topological polar surface area (TPSA) is 84.1 Å². The van der Waals surface area contributed by atoms with Gasteiger partial charge in [0.15, 0.2) is 5.82 Å². The third kappa shape index (κ3) is 4.69. The number of rotatable bonds is 6. The molecule has 0 aliphatic carbocycles. The van der Waals surface area contributed by atoms with Crippen molar-refractivity contribution in [3.63, 3.8) is 0 Å². The quantitative estimate of drug-likeness (QED) is 0.541. The van der Waals surface area contributed by atoms with Gasteiger partial charge < -0.3 is 16.2 Å². The fourth-order valence-electron chi connectivity index (χ4n) is 2.57. The number of aromatic hydroxyl groups is 1. The summed E-state index contributed by atoms with van der Waals surface area (Å²) < 4.78 is 0. The molecule has 0 amide bonds. The van der Waals surface area contributed by atoms with Crippen molar-refractivity contribution in [3.8, 4) is 28.3 Å². The number of hydrogen-bond acceptors (Lipinski definition) is 5. The van der Waals surface area contributed by atoms with E-state index >= 15 is 0 Å². The van der Waals surface area contributed by atoms with Crippen LogP contribution in [0, 0.1) is 0 Å². The minimum absolute atomic E-state index is 0.00445. The van der Waals surface area contributed by atoms with Gasteiger partial charge in [-0.1, -0.05) is 42.3 Å². The lowest BCUT2D eigenvalue weighted by Crippen LogP contribution is -2.28. The largest absolute Gasteiger partial charge is 0.507 e. The standard InChI is InChI=1S/C20H20Cl2N4O/c1-2-15(23)10-24-20-17(12-4-3-5-13(21)8-12)11-25-19(26-20)16-9-14(22)6-7-18(16)27/h3-9,11,15,27H,2,10,23H2,1H3,(H,24,25,26)/t15-/m1/s1. The smallest absolute Gasteiger partial charge is 0.165 e. The molecular formula is C20H20Cl2N4O. The van der Waals surface area contributed by atoms with Crippen LogP contribution in [0.3, 0.4) is 0 Å². The normalized spacial score (nSPS) is 12.0. The van der Waals surface area contributed by atoms with Crippen LogP contribution in [0.15, 0.2) is 48.7 Å². The molecule has 1 atom stereocenters. The molecule has 2 aromatic carbocycles. The number of phenolic OH excluding ortho intramolecular Hbond substituents is 1. The van der Waals surface area contributed by atoms with Crippen LogP contribution < -0.4 is 11.1 Å². The highest BCUT2D eigenvalue weighted by molar-refractivity contribution is 6.31. The fraction of sp³-hybridized carbons (Fsp3) is 0.200. The molecule has 4 N–H and O–H groups in total. The lowest BCUT2D eigenvalue weighted by Gasteiger charge is -2.15. The number of halogens is 2. The van der Waals surface area contributed by atoms with E-state index in [-0.39, 0.29) is 11.8 Å². The Morgan fingerprint density at radius 1 is 1.11 bits per heavy atom. The molecule has 0 radical (unpaired) electrons. The monoisotopic (exact) mass is 402 g/mol. The van der Waals surface area contributed by atoms with Gasteiger partial charge in [0.1, 0.15) is 11.6 Å². The van der Waals surface area contributed by atoms with Gasteiger partial charge in [-0.3, -0.25) is 0 Å². The highest BCUT2D eigenvalue weighted by Gasteiger charge is 2.14. The van der Waals surface area contributed by atoms with Crippen molar-refractivity contribution >= 4 is 29.0 Å². The Morgan fingerprint density at radius 3 is 2.63 bits per heavy atom. The zero-order valence-electron chi connectivity index (χ0n) is 14.8. The number of anilines is 1. The summed E-state index contributed by atoms with van der Waals surface area (Å²) >= 11 is 12.2. The summed E-state index contributed by atoms with van der Waals surface area (Å²) in [6.07, 6.45) is 2.54. The summed E-state index contributed by atoms with van der Waals surface area (Å²) in [5.41, 5.74) is 8.19. The summed E-state index contributed by atoms with van der Waals surface area (Å²) in [5.74, 6) is 1.05. The maximum Gasteiger partial charge on any atom is 0.165 e. The summed E-state index contributed by atoms with van der Waals surface area (Å²) in [6, 6.07) is 12.2.